The smallest absolute Gasteiger partial charge is 0.326 e. The number of aliphatic carboxylic acids is 1. The first-order valence-electron chi connectivity index (χ1n) is 5.44. The van der Waals surface area contributed by atoms with E-state index in [0.717, 1.165) is 12.1 Å². The molecule has 0 saturated heterocycles. The number of amides is 1. The molecule has 0 aromatic heterocycles. The van der Waals surface area contributed by atoms with Crippen molar-refractivity contribution >= 4 is 23.5 Å². The molecule has 18 heavy (non-hydrogen) atoms. The molecule has 0 aliphatic carbocycles. The predicted molar refractivity (Wildman–Crippen MR) is 65.2 cm³/mol. The van der Waals surface area contributed by atoms with Crippen LogP contribution in [-0.4, -0.2) is 23.0 Å². The maximum absolute atomic E-state index is 12.9. The minimum Gasteiger partial charge on any atom is -0.480 e. The van der Waals surface area contributed by atoms with Crippen molar-refractivity contribution in [1.29, 1.82) is 0 Å². The molecule has 2 N–H and O–H groups in total. The maximum atomic E-state index is 12.9. The summed E-state index contributed by atoms with van der Waals surface area (Å²) in [4.78, 5) is 22.6. The van der Waals surface area contributed by atoms with Gasteiger partial charge in [-0.15, -0.1) is 0 Å². The van der Waals surface area contributed by atoms with Gasteiger partial charge in [0.05, 0.1) is 5.02 Å². The summed E-state index contributed by atoms with van der Waals surface area (Å²) in [7, 11) is 0. The van der Waals surface area contributed by atoms with Gasteiger partial charge in [0.1, 0.15) is 11.9 Å². The van der Waals surface area contributed by atoms with E-state index in [1.54, 1.807) is 0 Å². The number of carbonyl (C=O) groups is 2. The molecule has 0 aliphatic heterocycles. The minimum atomic E-state index is -1.10. The van der Waals surface area contributed by atoms with Crippen molar-refractivity contribution < 1.29 is 19.1 Å². The van der Waals surface area contributed by atoms with Crippen molar-refractivity contribution in [2.75, 3.05) is 0 Å². The van der Waals surface area contributed by atoms with Crippen LogP contribution in [0.15, 0.2) is 18.2 Å². The summed E-state index contributed by atoms with van der Waals surface area (Å²) in [6, 6.07) is 2.53. The third kappa shape index (κ3) is 3.70. The zero-order chi connectivity index (χ0) is 13.7. The van der Waals surface area contributed by atoms with Gasteiger partial charge in [0.2, 0.25) is 0 Å². The topological polar surface area (TPSA) is 66.4 Å². The van der Waals surface area contributed by atoms with Crippen LogP contribution in [0.3, 0.4) is 0 Å². The van der Waals surface area contributed by atoms with E-state index in [9.17, 15) is 14.0 Å². The standard InChI is InChI=1S/C12H13ClFNO3/c1-2-3-10(12(17)18)15-11(16)7-4-5-9(14)8(13)6-7/h4-6,10H,2-3H2,1H3,(H,15,16)(H,17,18)/t10-/m0/s1. The van der Waals surface area contributed by atoms with Crippen LogP contribution in [0, 0.1) is 5.82 Å². The molecule has 0 aliphatic rings. The molecule has 0 saturated carbocycles. The summed E-state index contributed by atoms with van der Waals surface area (Å²) in [5.41, 5.74) is 0.128. The van der Waals surface area contributed by atoms with E-state index in [1.165, 1.54) is 6.07 Å². The molecular formula is C12H13ClFNO3. The zero-order valence-electron chi connectivity index (χ0n) is 9.74. The second-order valence-electron chi connectivity index (χ2n) is 3.78. The number of halogens is 2. The van der Waals surface area contributed by atoms with E-state index < -0.39 is 23.7 Å². The highest BCUT2D eigenvalue weighted by Crippen LogP contribution is 2.16. The maximum Gasteiger partial charge on any atom is 0.326 e. The Labute approximate surface area is 109 Å². The lowest BCUT2D eigenvalue weighted by Gasteiger charge is -2.13. The van der Waals surface area contributed by atoms with Crippen molar-refractivity contribution in [3.05, 3.63) is 34.6 Å². The van der Waals surface area contributed by atoms with Crippen molar-refractivity contribution in [2.45, 2.75) is 25.8 Å². The molecule has 1 atom stereocenters. The van der Waals surface area contributed by atoms with E-state index in [0.29, 0.717) is 12.8 Å². The molecule has 0 fully saturated rings. The van der Waals surface area contributed by atoms with Gasteiger partial charge in [-0.25, -0.2) is 9.18 Å². The van der Waals surface area contributed by atoms with Crippen molar-refractivity contribution in [3.63, 3.8) is 0 Å². The largest absolute Gasteiger partial charge is 0.480 e. The number of hydrogen-bond donors (Lipinski definition) is 2. The highest BCUT2D eigenvalue weighted by molar-refractivity contribution is 6.31. The number of nitrogens with one attached hydrogen (secondary N) is 1. The summed E-state index contributed by atoms with van der Waals surface area (Å²) in [6.07, 6.45) is 0.956. The summed E-state index contributed by atoms with van der Waals surface area (Å²) in [5, 5.41) is 11.1. The average Bonchev–Trinajstić information content (AvgIpc) is 2.31. The molecule has 0 spiro atoms. The Morgan fingerprint density at radius 1 is 1.50 bits per heavy atom. The van der Waals surface area contributed by atoms with E-state index in [2.05, 4.69) is 5.32 Å². The summed E-state index contributed by atoms with van der Waals surface area (Å²) in [5.74, 6) is -2.31. The molecule has 1 amide bonds. The van der Waals surface area contributed by atoms with E-state index in [1.807, 2.05) is 6.92 Å². The Kier molecular flexibility index (Phi) is 5.09. The molecule has 1 rings (SSSR count). The van der Waals surface area contributed by atoms with Gasteiger partial charge in [0.15, 0.2) is 0 Å². The molecule has 1 aromatic rings. The number of carboxylic acids is 1. The number of carbonyl (C=O) groups excluding carboxylic acids is 1. The number of carboxylic acid groups (broad SMARTS) is 1. The molecule has 0 unspecified atom stereocenters. The fourth-order valence-electron chi connectivity index (χ4n) is 1.43. The fourth-order valence-corrected chi connectivity index (χ4v) is 1.61. The van der Waals surface area contributed by atoms with Gasteiger partial charge in [-0.2, -0.15) is 0 Å². The third-order valence-electron chi connectivity index (χ3n) is 2.36. The molecule has 4 nitrogen and oxygen atoms in total. The second-order valence-corrected chi connectivity index (χ2v) is 4.19. The van der Waals surface area contributed by atoms with Crippen molar-refractivity contribution in [1.82, 2.24) is 5.32 Å². The average molecular weight is 274 g/mol. The van der Waals surface area contributed by atoms with E-state index in [-0.39, 0.29) is 10.6 Å². The Hall–Kier alpha value is -1.62. The minimum absolute atomic E-state index is 0.128. The normalized spacial score (nSPS) is 11.9. The van der Waals surface area contributed by atoms with Crippen LogP contribution in [0.4, 0.5) is 4.39 Å². The van der Waals surface area contributed by atoms with Crippen LogP contribution < -0.4 is 5.32 Å². The Bertz CT molecular complexity index is 465. The van der Waals surface area contributed by atoms with Crippen LogP contribution >= 0.6 is 11.6 Å². The lowest BCUT2D eigenvalue weighted by molar-refractivity contribution is -0.139. The number of hydrogen-bond acceptors (Lipinski definition) is 2. The SMILES string of the molecule is CCC[C@H](NC(=O)c1ccc(F)c(Cl)c1)C(=O)O. The molecule has 1 aromatic carbocycles. The zero-order valence-corrected chi connectivity index (χ0v) is 10.5. The van der Waals surface area contributed by atoms with Gasteiger partial charge in [0.25, 0.3) is 5.91 Å². The molecule has 0 heterocycles. The Morgan fingerprint density at radius 3 is 2.67 bits per heavy atom. The third-order valence-corrected chi connectivity index (χ3v) is 2.65. The predicted octanol–water partition coefficient (Wildman–Crippen LogP) is 2.46. The van der Waals surface area contributed by atoms with Crippen LogP contribution in [0.2, 0.25) is 5.02 Å². The lowest BCUT2D eigenvalue weighted by Crippen LogP contribution is -2.40. The number of rotatable bonds is 5. The lowest BCUT2D eigenvalue weighted by atomic mass is 10.1. The first-order chi connectivity index (χ1) is 8.45. The highest BCUT2D eigenvalue weighted by Gasteiger charge is 2.19. The van der Waals surface area contributed by atoms with Crippen molar-refractivity contribution in [2.24, 2.45) is 0 Å². The van der Waals surface area contributed by atoms with E-state index in [4.69, 9.17) is 16.7 Å². The molecule has 0 radical (unpaired) electrons. The highest BCUT2D eigenvalue weighted by atomic mass is 35.5. The summed E-state index contributed by atoms with van der Waals surface area (Å²) in [6.45, 7) is 1.82. The van der Waals surface area contributed by atoms with Gasteiger partial charge in [-0.05, 0) is 24.6 Å². The van der Waals surface area contributed by atoms with E-state index >= 15 is 0 Å². The van der Waals surface area contributed by atoms with Crippen molar-refractivity contribution in [3.8, 4) is 0 Å². The quantitative estimate of drug-likeness (QED) is 0.866. The molecular weight excluding hydrogens is 261 g/mol. The van der Waals surface area contributed by atoms with Crippen LogP contribution in [-0.2, 0) is 4.79 Å². The van der Waals surface area contributed by atoms with Gasteiger partial charge in [-0.3, -0.25) is 4.79 Å². The van der Waals surface area contributed by atoms with Gasteiger partial charge < -0.3 is 10.4 Å². The van der Waals surface area contributed by atoms with Crippen LogP contribution in [0.5, 0.6) is 0 Å². The first-order valence-corrected chi connectivity index (χ1v) is 5.82. The molecule has 98 valence electrons. The summed E-state index contributed by atoms with van der Waals surface area (Å²) < 4.78 is 12.9. The monoisotopic (exact) mass is 273 g/mol. The molecule has 6 heteroatoms. The Balaban J connectivity index is 2.80. The second kappa shape index (κ2) is 6.35. The van der Waals surface area contributed by atoms with Crippen LogP contribution in [0.1, 0.15) is 30.1 Å². The molecule has 0 bridgehead atoms. The number of benzene rings is 1. The Morgan fingerprint density at radius 2 is 2.17 bits per heavy atom. The van der Waals surface area contributed by atoms with Gasteiger partial charge in [0, 0.05) is 5.56 Å². The van der Waals surface area contributed by atoms with Gasteiger partial charge in [-0.1, -0.05) is 24.9 Å². The summed E-state index contributed by atoms with van der Waals surface area (Å²) >= 11 is 5.55. The first kappa shape index (κ1) is 14.4. The fraction of sp³-hybridized carbons (Fsp3) is 0.333. The van der Waals surface area contributed by atoms with Gasteiger partial charge >= 0.3 is 5.97 Å². The van der Waals surface area contributed by atoms with Crippen LogP contribution in [0.25, 0.3) is 0 Å².